The Morgan fingerprint density at radius 3 is 2.60 bits per heavy atom. The molecule has 0 aliphatic rings. The number of thiophene rings is 1. The Balaban J connectivity index is 1.87. The van der Waals surface area contributed by atoms with Crippen molar-refractivity contribution in [3.8, 4) is 0 Å². The quantitative estimate of drug-likeness (QED) is 0.575. The molecule has 0 spiro atoms. The van der Waals surface area contributed by atoms with Gasteiger partial charge < -0.3 is 5.32 Å². The van der Waals surface area contributed by atoms with Gasteiger partial charge in [0.25, 0.3) is 0 Å². The maximum Gasteiger partial charge on any atom is 0.0642 e. The standard InChI is InChI=1S/C15H10Cl3NS/c16-9-5-6-11(17)12(7-9)19-8-14-15(18)10-3-1-2-4-13(10)20-14/h1-7,19H,8H2. The van der Waals surface area contributed by atoms with Gasteiger partial charge in [-0.05, 0) is 24.3 Å². The van der Waals surface area contributed by atoms with Gasteiger partial charge in [-0.2, -0.15) is 0 Å². The Morgan fingerprint density at radius 2 is 1.80 bits per heavy atom. The zero-order valence-corrected chi connectivity index (χ0v) is 13.4. The summed E-state index contributed by atoms with van der Waals surface area (Å²) in [6.07, 6.45) is 0. The third-order valence-electron chi connectivity index (χ3n) is 2.97. The maximum atomic E-state index is 6.41. The highest BCUT2D eigenvalue weighted by atomic mass is 35.5. The van der Waals surface area contributed by atoms with E-state index in [2.05, 4.69) is 11.4 Å². The molecule has 5 heteroatoms. The number of halogens is 3. The van der Waals surface area contributed by atoms with Crippen LogP contribution >= 0.6 is 46.1 Å². The number of nitrogens with one attached hydrogen (secondary N) is 1. The molecule has 102 valence electrons. The summed E-state index contributed by atoms with van der Waals surface area (Å²) >= 11 is 20.2. The van der Waals surface area contributed by atoms with E-state index in [4.69, 9.17) is 34.8 Å². The molecule has 1 N–H and O–H groups in total. The van der Waals surface area contributed by atoms with E-state index in [0.717, 1.165) is 21.0 Å². The molecule has 0 amide bonds. The summed E-state index contributed by atoms with van der Waals surface area (Å²) in [5, 5.41) is 6.47. The van der Waals surface area contributed by atoms with Crippen molar-refractivity contribution in [1.82, 2.24) is 0 Å². The van der Waals surface area contributed by atoms with Crippen LogP contribution in [0, 0.1) is 0 Å². The van der Waals surface area contributed by atoms with Gasteiger partial charge in [0.05, 0.1) is 22.3 Å². The smallest absolute Gasteiger partial charge is 0.0642 e. The lowest BCUT2D eigenvalue weighted by atomic mass is 10.2. The monoisotopic (exact) mass is 341 g/mol. The van der Waals surface area contributed by atoms with Crippen molar-refractivity contribution >= 4 is 61.9 Å². The van der Waals surface area contributed by atoms with Gasteiger partial charge >= 0.3 is 0 Å². The summed E-state index contributed by atoms with van der Waals surface area (Å²) in [5.74, 6) is 0. The second-order valence-corrected chi connectivity index (χ2v) is 6.67. The molecular weight excluding hydrogens is 333 g/mol. The fourth-order valence-corrected chi connectivity index (χ4v) is 3.78. The highest BCUT2D eigenvalue weighted by Gasteiger charge is 2.10. The molecule has 1 heterocycles. The van der Waals surface area contributed by atoms with Crippen molar-refractivity contribution in [2.24, 2.45) is 0 Å². The molecule has 3 aromatic rings. The van der Waals surface area contributed by atoms with E-state index < -0.39 is 0 Å². The van der Waals surface area contributed by atoms with E-state index >= 15 is 0 Å². The van der Waals surface area contributed by atoms with Crippen LogP contribution in [0.5, 0.6) is 0 Å². The topological polar surface area (TPSA) is 12.0 Å². The van der Waals surface area contributed by atoms with Gasteiger partial charge in [-0.25, -0.2) is 0 Å². The predicted octanol–water partition coefficient (Wildman–Crippen LogP) is 6.47. The van der Waals surface area contributed by atoms with Crippen LogP contribution in [0.2, 0.25) is 15.1 Å². The summed E-state index contributed by atoms with van der Waals surface area (Å²) in [6.45, 7) is 0.623. The first-order valence-corrected chi connectivity index (χ1v) is 7.95. The lowest BCUT2D eigenvalue weighted by molar-refractivity contribution is 1.19. The number of anilines is 1. The predicted molar refractivity (Wildman–Crippen MR) is 90.6 cm³/mol. The number of rotatable bonds is 3. The third kappa shape index (κ3) is 2.75. The first-order valence-electron chi connectivity index (χ1n) is 6.00. The second-order valence-electron chi connectivity index (χ2n) is 4.31. The highest BCUT2D eigenvalue weighted by molar-refractivity contribution is 7.19. The van der Waals surface area contributed by atoms with Crippen LogP contribution in [0.25, 0.3) is 10.1 Å². The summed E-state index contributed by atoms with van der Waals surface area (Å²) in [5.41, 5.74) is 0.813. The molecule has 0 aliphatic carbocycles. The summed E-state index contributed by atoms with van der Waals surface area (Å²) < 4.78 is 1.19. The first-order chi connectivity index (χ1) is 9.65. The molecule has 0 fully saturated rings. The minimum Gasteiger partial charge on any atom is -0.379 e. The van der Waals surface area contributed by atoms with Gasteiger partial charge in [-0.3, -0.25) is 0 Å². The zero-order chi connectivity index (χ0) is 14.1. The fraction of sp³-hybridized carbons (Fsp3) is 0.0667. The SMILES string of the molecule is Clc1ccc(Cl)c(NCc2sc3ccccc3c2Cl)c1. The van der Waals surface area contributed by atoms with Crippen LogP contribution in [0.15, 0.2) is 42.5 Å². The van der Waals surface area contributed by atoms with Crippen molar-refractivity contribution in [3.05, 3.63) is 62.4 Å². The van der Waals surface area contributed by atoms with Gasteiger partial charge in [-0.1, -0.05) is 53.0 Å². The number of hydrogen-bond acceptors (Lipinski definition) is 2. The second kappa shape index (κ2) is 5.82. The van der Waals surface area contributed by atoms with Gasteiger partial charge in [0, 0.05) is 20.0 Å². The number of hydrogen-bond donors (Lipinski definition) is 1. The van der Waals surface area contributed by atoms with Crippen LogP contribution in [-0.4, -0.2) is 0 Å². The lowest BCUT2D eigenvalue weighted by Gasteiger charge is -2.07. The molecule has 0 atom stereocenters. The molecule has 1 nitrogen and oxygen atoms in total. The highest BCUT2D eigenvalue weighted by Crippen LogP contribution is 2.36. The summed E-state index contributed by atoms with van der Waals surface area (Å²) in [7, 11) is 0. The number of benzene rings is 2. The van der Waals surface area contributed by atoms with Crippen molar-refractivity contribution < 1.29 is 0 Å². The lowest BCUT2D eigenvalue weighted by Crippen LogP contribution is -1.98. The van der Waals surface area contributed by atoms with Crippen molar-refractivity contribution in [2.75, 3.05) is 5.32 Å². The van der Waals surface area contributed by atoms with E-state index in [0.29, 0.717) is 16.6 Å². The van der Waals surface area contributed by atoms with Crippen LogP contribution in [-0.2, 0) is 6.54 Å². The van der Waals surface area contributed by atoms with Crippen LogP contribution in [0.1, 0.15) is 4.88 Å². The average molecular weight is 343 g/mol. The minimum absolute atomic E-state index is 0.623. The first kappa shape index (κ1) is 14.0. The van der Waals surface area contributed by atoms with Gasteiger partial charge in [0.2, 0.25) is 0 Å². The van der Waals surface area contributed by atoms with E-state index in [1.165, 1.54) is 4.70 Å². The Kier molecular flexibility index (Phi) is 4.08. The zero-order valence-electron chi connectivity index (χ0n) is 10.3. The molecule has 0 aliphatic heterocycles. The molecule has 0 saturated carbocycles. The Bertz CT molecular complexity index is 767. The molecular formula is C15H10Cl3NS. The molecule has 0 saturated heterocycles. The molecule has 3 rings (SSSR count). The third-order valence-corrected chi connectivity index (χ3v) is 5.25. The largest absolute Gasteiger partial charge is 0.379 e. The van der Waals surface area contributed by atoms with Crippen LogP contribution in [0.4, 0.5) is 5.69 Å². The Morgan fingerprint density at radius 1 is 1.00 bits per heavy atom. The van der Waals surface area contributed by atoms with Gasteiger partial charge in [0.1, 0.15) is 0 Å². The van der Waals surface area contributed by atoms with Crippen molar-refractivity contribution in [1.29, 1.82) is 0 Å². The summed E-state index contributed by atoms with van der Waals surface area (Å²) in [6, 6.07) is 13.5. The molecule has 1 aromatic heterocycles. The fourth-order valence-electron chi connectivity index (χ4n) is 1.99. The maximum absolute atomic E-state index is 6.41. The van der Waals surface area contributed by atoms with E-state index in [-0.39, 0.29) is 0 Å². The Hall–Kier alpha value is -0.930. The summed E-state index contributed by atoms with van der Waals surface area (Å²) in [4.78, 5) is 1.09. The van der Waals surface area contributed by atoms with Crippen molar-refractivity contribution in [3.63, 3.8) is 0 Å². The number of fused-ring (bicyclic) bond motifs is 1. The molecule has 20 heavy (non-hydrogen) atoms. The van der Waals surface area contributed by atoms with Gasteiger partial charge in [-0.15, -0.1) is 11.3 Å². The minimum atomic E-state index is 0.623. The van der Waals surface area contributed by atoms with Crippen LogP contribution < -0.4 is 5.32 Å². The van der Waals surface area contributed by atoms with E-state index in [1.54, 1.807) is 23.5 Å². The van der Waals surface area contributed by atoms with Gasteiger partial charge in [0.15, 0.2) is 0 Å². The van der Waals surface area contributed by atoms with Crippen molar-refractivity contribution in [2.45, 2.75) is 6.54 Å². The molecule has 0 bridgehead atoms. The molecule has 0 radical (unpaired) electrons. The van der Waals surface area contributed by atoms with E-state index in [9.17, 15) is 0 Å². The Labute approximate surface area is 136 Å². The molecule has 0 unspecified atom stereocenters. The molecule has 2 aromatic carbocycles. The van der Waals surface area contributed by atoms with E-state index in [1.807, 2.05) is 24.3 Å². The van der Waals surface area contributed by atoms with Crippen LogP contribution in [0.3, 0.4) is 0 Å². The average Bonchev–Trinajstić information content (AvgIpc) is 2.77. The normalized spacial score (nSPS) is 10.9.